The van der Waals surface area contributed by atoms with Crippen molar-refractivity contribution in [3.63, 3.8) is 0 Å². The highest BCUT2D eigenvalue weighted by Gasteiger charge is 2.22. The minimum absolute atomic E-state index is 0.00352. The molecule has 0 bridgehead atoms. The Hall–Kier alpha value is -1.29. The van der Waals surface area contributed by atoms with Crippen LogP contribution < -0.4 is 11.1 Å². The lowest BCUT2D eigenvalue weighted by Crippen LogP contribution is -2.46. The SMILES string of the molecule is CC(C)(C)NC(=O)C(CN)Cc1ccoc1. The number of carbonyl (C=O) groups is 1. The first-order valence-corrected chi connectivity index (χ1v) is 5.45. The van der Waals surface area contributed by atoms with Gasteiger partial charge in [0.15, 0.2) is 0 Å². The van der Waals surface area contributed by atoms with Gasteiger partial charge in [0.05, 0.1) is 18.4 Å². The van der Waals surface area contributed by atoms with Gasteiger partial charge < -0.3 is 15.5 Å². The van der Waals surface area contributed by atoms with Gasteiger partial charge in [0.1, 0.15) is 0 Å². The first-order valence-electron chi connectivity index (χ1n) is 5.45. The van der Waals surface area contributed by atoms with E-state index in [1.165, 1.54) is 0 Å². The van der Waals surface area contributed by atoms with Crippen LogP contribution in [-0.4, -0.2) is 18.0 Å². The Morgan fingerprint density at radius 3 is 2.69 bits per heavy atom. The average molecular weight is 224 g/mol. The molecule has 0 aliphatic carbocycles. The van der Waals surface area contributed by atoms with Gasteiger partial charge in [-0.3, -0.25) is 4.79 Å². The topological polar surface area (TPSA) is 68.3 Å². The molecule has 1 amide bonds. The zero-order valence-corrected chi connectivity index (χ0v) is 10.1. The molecule has 0 spiro atoms. The molecule has 4 heteroatoms. The summed E-state index contributed by atoms with van der Waals surface area (Å²) < 4.78 is 4.97. The molecule has 0 aliphatic heterocycles. The summed E-state index contributed by atoms with van der Waals surface area (Å²) in [4.78, 5) is 11.9. The van der Waals surface area contributed by atoms with Crippen molar-refractivity contribution in [2.45, 2.75) is 32.7 Å². The summed E-state index contributed by atoms with van der Waals surface area (Å²) in [5.41, 5.74) is 6.40. The third kappa shape index (κ3) is 4.06. The fourth-order valence-corrected chi connectivity index (χ4v) is 1.45. The van der Waals surface area contributed by atoms with Crippen molar-refractivity contribution in [1.29, 1.82) is 0 Å². The van der Waals surface area contributed by atoms with Crippen LogP contribution in [0.4, 0.5) is 0 Å². The Balaban J connectivity index is 2.57. The number of amides is 1. The molecular formula is C12H20N2O2. The molecule has 4 nitrogen and oxygen atoms in total. The molecule has 0 fully saturated rings. The van der Waals surface area contributed by atoms with Gasteiger partial charge in [-0.1, -0.05) is 0 Å². The van der Waals surface area contributed by atoms with E-state index < -0.39 is 0 Å². The lowest BCUT2D eigenvalue weighted by molar-refractivity contribution is -0.126. The lowest BCUT2D eigenvalue weighted by Gasteiger charge is -2.24. The molecule has 16 heavy (non-hydrogen) atoms. The summed E-state index contributed by atoms with van der Waals surface area (Å²) in [5.74, 6) is -0.201. The van der Waals surface area contributed by atoms with Crippen molar-refractivity contribution in [2.24, 2.45) is 11.7 Å². The first kappa shape index (κ1) is 12.8. The van der Waals surface area contributed by atoms with Crippen LogP contribution >= 0.6 is 0 Å². The van der Waals surface area contributed by atoms with E-state index in [1.54, 1.807) is 12.5 Å². The lowest BCUT2D eigenvalue weighted by atomic mass is 9.98. The van der Waals surface area contributed by atoms with Gasteiger partial charge in [-0.15, -0.1) is 0 Å². The maximum Gasteiger partial charge on any atom is 0.225 e. The molecule has 0 aromatic carbocycles. The highest BCUT2D eigenvalue weighted by molar-refractivity contribution is 5.79. The van der Waals surface area contributed by atoms with E-state index in [0.29, 0.717) is 13.0 Å². The second-order valence-electron chi connectivity index (χ2n) is 5.01. The standard InChI is InChI=1S/C12H20N2O2/c1-12(2,3)14-11(15)10(7-13)6-9-4-5-16-8-9/h4-5,8,10H,6-7,13H2,1-3H3,(H,14,15). The van der Waals surface area contributed by atoms with Crippen molar-refractivity contribution < 1.29 is 9.21 Å². The summed E-state index contributed by atoms with van der Waals surface area (Å²) >= 11 is 0. The molecule has 1 aromatic rings. The van der Waals surface area contributed by atoms with E-state index in [0.717, 1.165) is 5.56 Å². The minimum atomic E-state index is -0.221. The van der Waals surface area contributed by atoms with E-state index in [1.807, 2.05) is 26.8 Å². The smallest absolute Gasteiger partial charge is 0.225 e. The van der Waals surface area contributed by atoms with E-state index in [2.05, 4.69) is 5.32 Å². The Bertz CT molecular complexity index is 325. The van der Waals surface area contributed by atoms with E-state index in [4.69, 9.17) is 10.2 Å². The van der Waals surface area contributed by atoms with Crippen LogP contribution in [0.5, 0.6) is 0 Å². The maximum atomic E-state index is 11.9. The molecule has 0 saturated heterocycles. The molecule has 0 radical (unpaired) electrons. The Morgan fingerprint density at radius 1 is 1.56 bits per heavy atom. The molecule has 1 heterocycles. The van der Waals surface area contributed by atoms with E-state index in [9.17, 15) is 4.79 Å². The predicted octanol–water partition coefficient (Wildman–Crippen LogP) is 1.31. The molecule has 1 rings (SSSR count). The summed E-state index contributed by atoms with van der Waals surface area (Å²) in [6, 6.07) is 1.85. The molecule has 90 valence electrons. The van der Waals surface area contributed by atoms with Gasteiger partial charge in [-0.05, 0) is 38.8 Å². The monoisotopic (exact) mass is 224 g/mol. The zero-order valence-electron chi connectivity index (χ0n) is 10.1. The zero-order chi connectivity index (χ0) is 12.2. The Morgan fingerprint density at radius 2 is 2.25 bits per heavy atom. The highest BCUT2D eigenvalue weighted by Crippen LogP contribution is 2.10. The van der Waals surface area contributed by atoms with Crippen molar-refractivity contribution in [2.75, 3.05) is 6.54 Å². The average Bonchev–Trinajstić information content (AvgIpc) is 2.63. The van der Waals surface area contributed by atoms with Crippen LogP contribution in [0.2, 0.25) is 0 Å². The van der Waals surface area contributed by atoms with Crippen LogP contribution in [-0.2, 0) is 11.2 Å². The molecule has 0 aliphatic rings. The minimum Gasteiger partial charge on any atom is -0.472 e. The molecule has 3 N–H and O–H groups in total. The van der Waals surface area contributed by atoms with Gasteiger partial charge >= 0.3 is 0 Å². The summed E-state index contributed by atoms with van der Waals surface area (Å²) in [5, 5.41) is 2.93. The van der Waals surface area contributed by atoms with E-state index in [-0.39, 0.29) is 17.4 Å². The third-order valence-electron chi connectivity index (χ3n) is 2.22. The molecule has 0 saturated carbocycles. The molecule has 1 atom stereocenters. The van der Waals surface area contributed by atoms with Gasteiger partial charge in [-0.2, -0.15) is 0 Å². The quantitative estimate of drug-likeness (QED) is 0.810. The number of hydrogen-bond acceptors (Lipinski definition) is 3. The normalized spacial score (nSPS) is 13.5. The van der Waals surface area contributed by atoms with Crippen molar-refractivity contribution >= 4 is 5.91 Å². The first-order chi connectivity index (χ1) is 7.42. The number of hydrogen-bond donors (Lipinski definition) is 2. The highest BCUT2D eigenvalue weighted by atomic mass is 16.3. The number of nitrogens with two attached hydrogens (primary N) is 1. The van der Waals surface area contributed by atoms with Crippen molar-refractivity contribution in [3.8, 4) is 0 Å². The van der Waals surface area contributed by atoms with Crippen molar-refractivity contribution in [3.05, 3.63) is 24.2 Å². The number of rotatable bonds is 4. The molecule has 1 unspecified atom stereocenters. The summed E-state index contributed by atoms with van der Waals surface area (Å²) in [6.45, 7) is 6.20. The number of furan rings is 1. The predicted molar refractivity (Wildman–Crippen MR) is 62.9 cm³/mol. The van der Waals surface area contributed by atoms with Gasteiger partial charge in [-0.25, -0.2) is 0 Å². The maximum absolute atomic E-state index is 11.9. The van der Waals surface area contributed by atoms with Gasteiger partial charge in [0, 0.05) is 12.1 Å². The number of nitrogens with one attached hydrogen (secondary N) is 1. The number of carbonyl (C=O) groups excluding carboxylic acids is 1. The molecular weight excluding hydrogens is 204 g/mol. The van der Waals surface area contributed by atoms with Crippen LogP contribution in [0.1, 0.15) is 26.3 Å². The Labute approximate surface area is 96.2 Å². The fraction of sp³-hybridized carbons (Fsp3) is 0.583. The van der Waals surface area contributed by atoms with Crippen LogP contribution in [0.25, 0.3) is 0 Å². The van der Waals surface area contributed by atoms with E-state index >= 15 is 0 Å². The third-order valence-corrected chi connectivity index (χ3v) is 2.22. The second-order valence-corrected chi connectivity index (χ2v) is 5.01. The Kier molecular flexibility index (Phi) is 4.12. The fourth-order valence-electron chi connectivity index (χ4n) is 1.45. The van der Waals surface area contributed by atoms with Crippen LogP contribution in [0.15, 0.2) is 23.0 Å². The summed E-state index contributed by atoms with van der Waals surface area (Å²) in [6.07, 6.45) is 3.87. The molecule has 1 aromatic heterocycles. The van der Waals surface area contributed by atoms with Crippen molar-refractivity contribution in [1.82, 2.24) is 5.32 Å². The second kappa shape index (κ2) is 5.16. The van der Waals surface area contributed by atoms with Crippen LogP contribution in [0, 0.1) is 5.92 Å². The summed E-state index contributed by atoms with van der Waals surface area (Å²) in [7, 11) is 0. The van der Waals surface area contributed by atoms with Crippen LogP contribution in [0.3, 0.4) is 0 Å². The van der Waals surface area contributed by atoms with Gasteiger partial charge in [0.25, 0.3) is 0 Å². The largest absolute Gasteiger partial charge is 0.472 e. The van der Waals surface area contributed by atoms with Gasteiger partial charge in [0.2, 0.25) is 5.91 Å².